The summed E-state index contributed by atoms with van der Waals surface area (Å²) in [6.07, 6.45) is 0.958. The molecule has 0 saturated heterocycles. The van der Waals surface area contributed by atoms with Crippen molar-refractivity contribution in [1.29, 1.82) is 0 Å². The van der Waals surface area contributed by atoms with Gasteiger partial charge in [0, 0.05) is 0 Å². The predicted molar refractivity (Wildman–Crippen MR) is 103 cm³/mol. The molecule has 4 N–H and O–H groups in total. The van der Waals surface area contributed by atoms with Crippen molar-refractivity contribution in [3.63, 3.8) is 0 Å². The number of anilines is 3. The van der Waals surface area contributed by atoms with E-state index in [1.54, 1.807) is 18.2 Å². The highest BCUT2D eigenvalue weighted by atomic mass is 32.2. The molecule has 0 aromatic heterocycles. The van der Waals surface area contributed by atoms with Gasteiger partial charge < -0.3 is 0 Å². The van der Waals surface area contributed by atoms with Crippen LogP contribution in [0.2, 0.25) is 0 Å². The van der Waals surface area contributed by atoms with Crippen LogP contribution in [0.25, 0.3) is 0 Å². The van der Waals surface area contributed by atoms with E-state index in [-0.39, 0.29) is 22.0 Å². The van der Waals surface area contributed by atoms with E-state index in [0.717, 1.165) is 6.26 Å². The Morgan fingerprint density at radius 2 is 1.58 bits per heavy atom. The fourth-order valence-corrected chi connectivity index (χ4v) is 3.64. The SMILES string of the molecule is CS(=O)(=O)Nc1ccc(NS(=O)(=O)c2ccccc2)cc1NNC(=O)S. The average molecular weight is 417 g/mol. The van der Waals surface area contributed by atoms with Crippen molar-refractivity contribution in [2.24, 2.45) is 0 Å². The summed E-state index contributed by atoms with van der Waals surface area (Å²) in [6, 6.07) is 11.8. The maximum absolute atomic E-state index is 12.4. The van der Waals surface area contributed by atoms with Gasteiger partial charge in [-0.2, -0.15) is 0 Å². The van der Waals surface area contributed by atoms with E-state index in [1.165, 1.54) is 30.3 Å². The van der Waals surface area contributed by atoms with E-state index >= 15 is 0 Å². The van der Waals surface area contributed by atoms with Crippen LogP contribution < -0.4 is 20.3 Å². The molecule has 0 unspecified atom stereocenters. The third kappa shape index (κ3) is 5.82. The highest BCUT2D eigenvalue weighted by Crippen LogP contribution is 2.27. The van der Waals surface area contributed by atoms with Crippen molar-refractivity contribution in [3.05, 3.63) is 48.5 Å². The largest absolute Gasteiger partial charge is 0.296 e. The minimum absolute atomic E-state index is 0.0662. The summed E-state index contributed by atoms with van der Waals surface area (Å²) in [7, 11) is -7.42. The summed E-state index contributed by atoms with van der Waals surface area (Å²) in [5.41, 5.74) is 5.02. The van der Waals surface area contributed by atoms with Gasteiger partial charge in [-0.15, -0.1) is 0 Å². The van der Waals surface area contributed by atoms with Gasteiger partial charge in [-0.05, 0) is 30.3 Å². The van der Waals surface area contributed by atoms with Crippen LogP contribution in [0.15, 0.2) is 53.4 Å². The van der Waals surface area contributed by atoms with Gasteiger partial charge in [0.15, 0.2) is 0 Å². The van der Waals surface area contributed by atoms with Crippen LogP contribution in [-0.4, -0.2) is 28.3 Å². The minimum Gasteiger partial charge on any atom is -0.296 e. The normalized spacial score (nSPS) is 11.5. The first kappa shape index (κ1) is 19.9. The maximum Gasteiger partial charge on any atom is 0.294 e. The number of hydrogen-bond donors (Lipinski definition) is 5. The van der Waals surface area contributed by atoms with Crippen molar-refractivity contribution < 1.29 is 21.6 Å². The molecule has 26 heavy (non-hydrogen) atoms. The number of rotatable bonds is 7. The number of thiol groups is 1. The first-order valence-electron chi connectivity index (χ1n) is 7.01. The molecule has 0 heterocycles. The Bertz CT molecular complexity index is 1010. The molecule has 0 aliphatic carbocycles. The quantitative estimate of drug-likeness (QED) is 0.345. The number of sulfonamides is 2. The van der Waals surface area contributed by atoms with Crippen molar-refractivity contribution >= 4 is 55.0 Å². The summed E-state index contributed by atoms with van der Waals surface area (Å²) in [5, 5.41) is -0.717. The highest BCUT2D eigenvalue weighted by molar-refractivity contribution is 7.96. The zero-order valence-corrected chi connectivity index (χ0v) is 16.0. The molecular weight excluding hydrogens is 400 g/mol. The molecule has 0 atom stereocenters. The predicted octanol–water partition coefficient (Wildman–Crippen LogP) is 1.83. The van der Waals surface area contributed by atoms with Crippen molar-refractivity contribution in [2.75, 3.05) is 21.1 Å². The van der Waals surface area contributed by atoms with Crippen LogP contribution in [0.5, 0.6) is 0 Å². The monoisotopic (exact) mass is 416 g/mol. The molecule has 12 heteroatoms. The Morgan fingerprint density at radius 3 is 2.15 bits per heavy atom. The molecule has 0 bridgehead atoms. The van der Waals surface area contributed by atoms with Crippen LogP contribution in [0, 0.1) is 0 Å². The van der Waals surface area contributed by atoms with Gasteiger partial charge in [0.05, 0.1) is 28.2 Å². The molecule has 0 aliphatic heterocycles. The lowest BCUT2D eigenvalue weighted by molar-refractivity contribution is 0.262. The smallest absolute Gasteiger partial charge is 0.294 e. The van der Waals surface area contributed by atoms with Crippen LogP contribution in [-0.2, 0) is 20.0 Å². The summed E-state index contributed by atoms with van der Waals surface area (Å²) in [6.45, 7) is 0. The summed E-state index contributed by atoms with van der Waals surface area (Å²) in [4.78, 5) is 11.0. The lowest BCUT2D eigenvalue weighted by atomic mass is 10.2. The van der Waals surface area contributed by atoms with Gasteiger partial charge in [0.1, 0.15) is 0 Å². The Balaban J connectivity index is 2.35. The zero-order valence-electron chi connectivity index (χ0n) is 13.4. The molecule has 0 aliphatic rings. The van der Waals surface area contributed by atoms with E-state index in [4.69, 9.17) is 0 Å². The number of amides is 1. The number of carbonyl (C=O) groups excluding carboxylic acids is 1. The molecule has 2 rings (SSSR count). The lowest BCUT2D eigenvalue weighted by Crippen LogP contribution is -2.25. The topological polar surface area (TPSA) is 133 Å². The Kier molecular flexibility index (Phi) is 6.00. The fraction of sp³-hybridized carbons (Fsp3) is 0.0714. The van der Waals surface area contributed by atoms with Crippen LogP contribution >= 0.6 is 12.6 Å². The van der Waals surface area contributed by atoms with Crippen molar-refractivity contribution in [3.8, 4) is 0 Å². The van der Waals surface area contributed by atoms with E-state index in [9.17, 15) is 21.6 Å². The Labute approximate surface area is 156 Å². The van der Waals surface area contributed by atoms with E-state index in [0.29, 0.717) is 0 Å². The third-order valence-corrected chi connectivity index (χ3v) is 5.02. The molecule has 0 radical (unpaired) electrons. The van der Waals surface area contributed by atoms with Gasteiger partial charge in [0.2, 0.25) is 10.0 Å². The summed E-state index contributed by atoms with van der Waals surface area (Å²) >= 11 is 3.53. The van der Waals surface area contributed by atoms with Gasteiger partial charge in [-0.3, -0.25) is 25.1 Å². The first-order valence-corrected chi connectivity index (χ1v) is 10.8. The lowest BCUT2D eigenvalue weighted by Gasteiger charge is -2.15. The molecule has 1 amide bonds. The van der Waals surface area contributed by atoms with Crippen molar-refractivity contribution in [2.45, 2.75) is 4.90 Å². The summed E-state index contributed by atoms with van der Waals surface area (Å²) < 4.78 is 52.2. The number of nitrogens with one attached hydrogen (secondary N) is 4. The second-order valence-electron chi connectivity index (χ2n) is 5.11. The molecule has 140 valence electrons. The van der Waals surface area contributed by atoms with E-state index in [2.05, 4.69) is 32.9 Å². The zero-order chi connectivity index (χ0) is 19.4. The molecule has 2 aromatic rings. The molecular formula is C14H16N4O5S3. The standard InChI is InChI=1S/C14H16N4O5S3/c1-25(20,21)18-12-8-7-10(9-13(12)15-16-14(19)24)17-26(22,23)11-5-3-2-4-6-11/h2-9,15,17-18H,1H3,(H2,16,19,24). The maximum atomic E-state index is 12.4. The van der Waals surface area contributed by atoms with Gasteiger partial charge >= 0.3 is 0 Å². The molecule has 0 saturated carbocycles. The van der Waals surface area contributed by atoms with Crippen LogP contribution in [0.3, 0.4) is 0 Å². The average Bonchev–Trinajstić information content (AvgIpc) is 2.54. The first-order chi connectivity index (χ1) is 12.1. The van der Waals surface area contributed by atoms with Crippen LogP contribution in [0.1, 0.15) is 0 Å². The van der Waals surface area contributed by atoms with Crippen LogP contribution in [0.4, 0.5) is 21.9 Å². The Hall–Kier alpha value is -2.44. The number of carbonyl (C=O) groups is 1. The van der Waals surface area contributed by atoms with E-state index in [1.807, 2.05) is 0 Å². The fourth-order valence-electron chi connectivity index (χ4n) is 1.93. The van der Waals surface area contributed by atoms with E-state index < -0.39 is 25.3 Å². The number of benzene rings is 2. The molecule has 0 fully saturated rings. The van der Waals surface area contributed by atoms with Gasteiger partial charge in [-0.25, -0.2) is 16.8 Å². The minimum atomic E-state index is -3.83. The number of hydrogen-bond acceptors (Lipinski definition) is 6. The molecule has 0 spiro atoms. The Morgan fingerprint density at radius 1 is 0.923 bits per heavy atom. The highest BCUT2D eigenvalue weighted by Gasteiger charge is 2.15. The third-order valence-electron chi connectivity index (χ3n) is 2.92. The van der Waals surface area contributed by atoms with Gasteiger partial charge in [-0.1, -0.05) is 30.8 Å². The molecule has 9 nitrogen and oxygen atoms in total. The second kappa shape index (κ2) is 7.85. The number of hydrazine groups is 1. The second-order valence-corrected chi connectivity index (χ2v) is 8.95. The van der Waals surface area contributed by atoms with Gasteiger partial charge in [0.25, 0.3) is 15.3 Å². The molecule has 2 aromatic carbocycles. The van der Waals surface area contributed by atoms with Crippen molar-refractivity contribution in [1.82, 2.24) is 5.43 Å². The summed E-state index contributed by atoms with van der Waals surface area (Å²) in [5.74, 6) is 0.